The number of hydrogen-bond acceptors (Lipinski definition) is 4. The first kappa shape index (κ1) is 18.4. The van der Waals surface area contributed by atoms with E-state index in [2.05, 4.69) is 25.9 Å². The maximum atomic E-state index is 14.5. The van der Waals surface area contributed by atoms with Crippen LogP contribution >= 0.6 is 39.1 Å². The molecule has 6 nitrogen and oxygen atoms in total. The van der Waals surface area contributed by atoms with Gasteiger partial charge in [0.05, 0.1) is 9.50 Å². The van der Waals surface area contributed by atoms with E-state index >= 15 is 0 Å². The van der Waals surface area contributed by atoms with Gasteiger partial charge in [0, 0.05) is 30.6 Å². The van der Waals surface area contributed by atoms with Gasteiger partial charge in [-0.15, -0.1) is 0 Å². The van der Waals surface area contributed by atoms with Crippen LogP contribution in [-0.2, 0) is 0 Å². The van der Waals surface area contributed by atoms with Crippen LogP contribution in [0.25, 0.3) is 10.9 Å². The molecule has 1 aromatic carbocycles. The maximum Gasteiger partial charge on any atom is 0.407 e. The predicted molar refractivity (Wildman–Crippen MR) is 98.2 cm³/mol. The standard InChI is InChI=1S/C15H14BrCl2FN4O2/c1-6-5-23(15(24)25)7(2)4-22(6)13-8-3-9(17)10(16)11(19)12(8)20-14(18)21-13/h3,6-7H,4-5H2,1-2H3,(H,24,25)/t6-,7+/m0/s1. The van der Waals surface area contributed by atoms with Gasteiger partial charge in [0.2, 0.25) is 5.28 Å². The highest BCUT2D eigenvalue weighted by atomic mass is 79.9. The van der Waals surface area contributed by atoms with Crippen LogP contribution in [0.3, 0.4) is 0 Å². The number of piperazine rings is 1. The molecule has 1 aromatic heterocycles. The summed E-state index contributed by atoms with van der Waals surface area (Å²) >= 11 is 15.2. The molecule has 1 N–H and O–H groups in total. The molecule has 2 aromatic rings. The monoisotopic (exact) mass is 450 g/mol. The average molecular weight is 452 g/mol. The Morgan fingerprint density at radius 1 is 1.32 bits per heavy atom. The number of anilines is 1. The van der Waals surface area contributed by atoms with Crippen molar-refractivity contribution in [1.29, 1.82) is 0 Å². The lowest BCUT2D eigenvalue weighted by Gasteiger charge is -2.43. The lowest BCUT2D eigenvalue weighted by atomic mass is 10.1. The molecule has 0 bridgehead atoms. The van der Waals surface area contributed by atoms with Crippen molar-refractivity contribution in [3.63, 3.8) is 0 Å². The molecule has 10 heteroatoms. The molecule has 0 spiro atoms. The zero-order valence-electron chi connectivity index (χ0n) is 13.3. The van der Waals surface area contributed by atoms with Gasteiger partial charge in [0.1, 0.15) is 11.3 Å². The van der Waals surface area contributed by atoms with Crippen LogP contribution in [0.2, 0.25) is 10.3 Å². The minimum absolute atomic E-state index is 0.0618. The normalized spacial score (nSPS) is 21.0. The van der Waals surface area contributed by atoms with Crippen LogP contribution in [0.1, 0.15) is 13.8 Å². The third-order valence-electron chi connectivity index (χ3n) is 4.28. The fourth-order valence-corrected chi connectivity index (χ4v) is 3.70. The minimum Gasteiger partial charge on any atom is -0.465 e. The van der Waals surface area contributed by atoms with Gasteiger partial charge < -0.3 is 14.9 Å². The summed E-state index contributed by atoms with van der Waals surface area (Å²) in [5, 5.41) is 9.83. The second-order valence-electron chi connectivity index (χ2n) is 5.98. The molecule has 25 heavy (non-hydrogen) atoms. The van der Waals surface area contributed by atoms with E-state index in [1.807, 2.05) is 18.7 Å². The third kappa shape index (κ3) is 3.22. The van der Waals surface area contributed by atoms with Crippen molar-refractivity contribution in [2.75, 3.05) is 18.0 Å². The summed E-state index contributed by atoms with van der Waals surface area (Å²) in [4.78, 5) is 22.9. The third-order valence-corrected chi connectivity index (χ3v) is 5.75. The quantitative estimate of drug-likeness (QED) is 0.513. The van der Waals surface area contributed by atoms with E-state index in [0.717, 1.165) is 0 Å². The highest BCUT2D eigenvalue weighted by Gasteiger charge is 2.34. The molecule has 1 saturated heterocycles. The zero-order chi connectivity index (χ0) is 18.5. The van der Waals surface area contributed by atoms with Crippen molar-refractivity contribution in [3.05, 3.63) is 26.7 Å². The van der Waals surface area contributed by atoms with Gasteiger partial charge in [-0.2, -0.15) is 4.98 Å². The lowest BCUT2D eigenvalue weighted by molar-refractivity contribution is 0.114. The molecular formula is C15H14BrCl2FN4O2. The molecule has 2 atom stereocenters. The number of nitrogens with zero attached hydrogens (tertiary/aromatic N) is 4. The summed E-state index contributed by atoms with van der Waals surface area (Å²) < 4.78 is 14.7. The zero-order valence-corrected chi connectivity index (χ0v) is 16.4. The van der Waals surface area contributed by atoms with Gasteiger partial charge in [-0.1, -0.05) is 11.6 Å². The van der Waals surface area contributed by atoms with Gasteiger partial charge in [-0.25, -0.2) is 14.2 Å². The largest absolute Gasteiger partial charge is 0.465 e. The summed E-state index contributed by atoms with van der Waals surface area (Å²) in [6, 6.07) is 1.15. The van der Waals surface area contributed by atoms with E-state index in [1.165, 1.54) is 4.90 Å². The van der Waals surface area contributed by atoms with Crippen molar-refractivity contribution in [1.82, 2.24) is 14.9 Å². The molecule has 0 saturated carbocycles. The van der Waals surface area contributed by atoms with Crippen LogP contribution in [-0.4, -0.2) is 51.2 Å². The Morgan fingerprint density at radius 2 is 2.00 bits per heavy atom. The molecule has 2 heterocycles. The van der Waals surface area contributed by atoms with E-state index < -0.39 is 11.9 Å². The van der Waals surface area contributed by atoms with Gasteiger partial charge in [0.25, 0.3) is 0 Å². The second-order valence-corrected chi connectivity index (χ2v) is 7.52. The topological polar surface area (TPSA) is 69.6 Å². The van der Waals surface area contributed by atoms with Crippen LogP contribution < -0.4 is 4.90 Å². The van der Waals surface area contributed by atoms with Crippen LogP contribution in [0.4, 0.5) is 15.0 Å². The van der Waals surface area contributed by atoms with Crippen molar-refractivity contribution in [2.45, 2.75) is 25.9 Å². The van der Waals surface area contributed by atoms with Crippen LogP contribution in [0, 0.1) is 5.82 Å². The van der Waals surface area contributed by atoms with Crippen molar-refractivity contribution in [2.24, 2.45) is 0 Å². The number of fused-ring (bicyclic) bond motifs is 1. The first-order valence-corrected chi connectivity index (χ1v) is 9.02. The number of aromatic nitrogens is 2. The molecular weight excluding hydrogens is 438 g/mol. The summed E-state index contributed by atoms with van der Waals surface area (Å²) in [7, 11) is 0. The van der Waals surface area contributed by atoms with E-state index in [4.69, 9.17) is 23.2 Å². The van der Waals surface area contributed by atoms with Gasteiger partial charge >= 0.3 is 6.09 Å². The predicted octanol–water partition coefficient (Wildman–Crippen LogP) is 4.42. The molecule has 1 amide bonds. The smallest absolute Gasteiger partial charge is 0.407 e. The van der Waals surface area contributed by atoms with E-state index in [9.17, 15) is 14.3 Å². The molecule has 1 aliphatic rings. The molecule has 0 unspecified atom stereocenters. The van der Waals surface area contributed by atoms with Crippen LogP contribution in [0.15, 0.2) is 10.5 Å². The Hall–Kier alpha value is -1.38. The van der Waals surface area contributed by atoms with Crippen molar-refractivity contribution in [3.8, 4) is 0 Å². The number of hydrogen-bond donors (Lipinski definition) is 1. The first-order valence-electron chi connectivity index (χ1n) is 7.47. The van der Waals surface area contributed by atoms with E-state index in [-0.39, 0.29) is 32.4 Å². The highest BCUT2D eigenvalue weighted by molar-refractivity contribution is 9.10. The number of halogens is 4. The van der Waals surface area contributed by atoms with Gasteiger partial charge in [-0.3, -0.25) is 0 Å². The average Bonchev–Trinajstić information content (AvgIpc) is 2.54. The van der Waals surface area contributed by atoms with Crippen molar-refractivity contribution < 1.29 is 14.3 Å². The number of amides is 1. The summed E-state index contributed by atoms with van der Waals surface area (Å²) in [6.07, 6.45) is -0.970. The maximum absolute atomic E-state index is 14.5. The molecule has 1 fully saturated rings. The van der Waals surface area contributed by atoms with E-state index in [0.29, 0.717) is 24.3 Å². The minimum atomic E-state index is -0.970. The van der Waals surface area contributed by atoms with Gasteiger partial charge in [-0.05, 0) is 47.4 Å². The Balaban J connectivity index is 2.14. The molecule has 0 aliphatic carbocycles. The number of carbonyl (C=O) groups is 1. The summed E-state index contributed by atoms with van der Waals surface area (Å²) in [5.41, 5.74) is 0.0618. The first-order chi connectivity index (χ1) is 11.7. The molecule has 3 rings (SSSR count). The number of benzene rings is 1. The number of carboxylic acid groups (broad SMARTS) is 1. The van der Waals surface area contributed by atoms with Gasteiger partial charge in [0.15, 0.2) is 5.82 Å². The Bertz CT molecular complexity index is 869. The number of rotatable bonds is 1. The Morgan fingerprint density at radius 3 is 2.64 bits per heavy atom. The summed E-state index contributed by atoms with van der Waals surface area (Å²) in [5.74, 6) is -0.175. The molecule has 134 valence electrons. The second kappa shape index (κ2) is 6.74. The highest BCUT2D eigenvalue weighted by Crippen LogP contribution is 2.37. The fourth-order valence-electron chi connectivity index (χ4n) is 3.04. The molecule has 0 radical (unpaired) electrons. The van der Waals surface area contributed by atoms with E-state index in [1.54, 1.807) is 6.07 Å². The van der Waals surface area contributed by atoms with Crippen LogP contribution in [0.5, 0.6) is 0 Å². The van der Waals surface area contributed by atoms with Crippen molar-refractivity contribution >= 4 is 61.9 Å². The Kier molecular flexibility index (Phi) is 4.96. The SMILES string of the molecule is C[C@@H]1CN(c2nc(Cl)nc3c(F)c(Br)c(Cl)cc23)[C@@H](C)CN1C(=O)O. The lowest BCUT2D eigenvalue weighted by Crippen LogP contribution is -2.58. The molecule has 1 aliphatic heterocycles. The fraction of sp³-hybridized carbons (Fsp3) is 0.400. The Labute approximate surface area is 161 Å². The summed E-state index contributed by atoms with van der Waals surface area (Å²) in [6.45, 7) is 4.38.